The van der Waals surface area contributed by atoms with Crippen LogP contribution in [0.3, 0.4) is 0 Å². The van der Waals surface area contributed by atoms with Crippen LogP contribution in [0.25, 0.3) is 0 Å². The Hall–Kier alpha value is -1.42. The smallest absolute Gasteiger partial charge is 0.144 e. The summed E-state index contributed by atoms with van der Waals surface area (Å²) in [5.74, 6) is 0.916. The zero-order chi connectivity index (χ0) is 13.0. The molecule has 18 heavy (non-hydrogen) atoms. The molecule has 0 amide bonds. The number of hydrogen-bond donors (Lipinski definition) is 2. The lowest BCUT2D eigenvalue weighted by atomic mass is 10.2. The van der Waals surface area contributed by atoms with Crippen LogP contribution in [0.15, 0.2) is 18.2 Å². The minimum atomic E-state index is 0.406. The first-order chi connectivity index (χ1) is 8.70. The summed E-state index contributed by atoms with van der Waals surface area (Å²) >= 11 is 0. The molecule has 0 aliphatic carbocycles. The third-order valence-corrected chi connectivity index (χ3v) is 3.11. The second-order valence-electron chi connectivity index (χ2n) is 4.92. The molecule has 2 N–H and O–H groups in total. The Labute approximate surface area is 109 Å². The van der Waals surface area contributed by atoms with Gasteiger partial charge < -0.3 is 20.3 Å². The van der Waals surface area contributed by atoms with Crippen LogP contribution in [0.2, 0.25) is 0 Å². The maximum Gasteiger partial charge on any atom is 0.144 e. The number of methoxy groups -OCH3 is 1. The van der Waals surface area contributed by atoms with Crippen LogP contribution in [-0.4, -0.2) is 39.3 Å². The highest BCUT2D eigenvalue weighted by molar-refractivity contribution is 5.65. The predicted molar refractivity (Wildman–Crippen MR) is 76.8 cm³/mol. The van der Waals surface area contributed by atoms with Crippen molar-refractivity contribution < 1.29 is 4.74 Å². The summed E-state index contributed by atoms with van der Waals surface area (Å²) in [7, 11) is 1.72. The summed E-state index contributed by atoms with van der Waals surface area (Å²) in [6.07, 6.45) is 0. The van der Waals surface area contributed by atoms with Crippen molar-refractivity contribution in [1.82, 2.24) is 5.32 Å². The van der Waals surface area contributed by atoms with E-state index in [0.29, 0.717) is 6.04 Å². The van der Waals surface area contributed by atoms with Gasteiger partial charge in [-0.05, 0) is 26.0 Å². The molecule has 0 spiro atoms. The molecule has 0 atom stereocenters. The third-order valence-electron chi connectivity index (χ3n) is 3.11. The normalized spacial score (nSPS) is 15.9. The van der Waals surface area contributed by atoms with Crippen LogP contribution < -0.4 is 20.3 Å². The highest BCUT2D eigenvalue weighted by Gasteiger charge is 2.13. The van der Waals surface area contributed by atoms with E-state index in [4.69, 9.17) is 4.74 Å². The minimum Gasteiger partial charge on any atom is -0.495 e. The molecule has 4 nitrogen and oxygen atoms in total. The van der Waals surface area contributed by atoms with Crippen LogP contribution in [0, 0.1) is 0 Å². The van der Waals surface area contributed by atoms with Crippen molar-refractivity contribution in [2.24, 2.45) is 0 Å². The molecule has 0 saturated carbocycles. The number of nitrogens with one attached hydrogen (secondary N) is 2. The Morgan fingerprint density at radius 1 is 1.28 bits per heavy atom. The zero-order valence-electron chi connectivity index (χ0n) is 11.5. The Bertz CT molecular complexity index is 387. The number of nitrogens with zero attached hydrogens (tertiary/aromatic N) is 1. The monoisotopic (exact) mass is 249 g/mol. The number of rotatable bonds is 4. The maximum absolute atomic E-state index is 5.47. The quantitative estimate of drug-likeness (QED) is 0.855. The molecule has 1 aliphatic rings. The molecule has 4 heteroatoms. The highest BCUT2D eigenvalue weighted by Crippen LogP contribution is 2.30. The van der Waals surface area contributed by atoms with E-state index in [9.17, 15) is 0 Å². The number of ether oxygens (including phenoxy) is 1. The van der Waals surface area contributed by atoms with Crippen LogP contribution in [-0.2, 0) is 0 Å². The molecule has 1 heterocycles. The van der Waals surface area contributed by atoms with Crippen LogP contribution in [0.5, 0.6) is 5.75 Å². The summed E-state index contributed by atoms with van der Waals surface area (Å²) in [5, 5.41) is 6.76. The minimum absolute atomic E-state index is 0.406. The maximum atomic E-state index is 5.47. The lowest BCUT2D eigenvalue weighted by molar-refractivity contribution is 0.416. The second kappa shape index (κ2) is 5.96. The van der Waals surface area contributed by atoms with Gasteiger partial charge in [0.2, 0.25) is 0 Å². The van der Waals surface area contributed by atoms with Gasteiger partial charge in [0, 0.05) is 44.0 Å². The Kier molecular flexibility index (Phi) is 4.31. The van der Waals surface area contributed by atoms with Gasteiger partial charge in [-0.1, -0.05) is 0 Å². The number of benzene rings is 1. The molecule has 100 valence electrons. The third kappa shape index (κ3) is 3.07. The molecule has 1 saturated heterocycles. The summed E-state index contributed by atoms with van der Waals surface area (Å²) in [5.41, 5.74) is 2.30. The summed E-state index contributed by atoms with van der Waals surface area (Å²) in [6.45, 7) is 8.47. The van der Waals surface area contributed by atoms with E-state index in [1.54, 1.807) is 7.11 Å². The fraction of sp³-hybridized carbons (Fsp3) is 0.571. The van der Waals surface area contributed by atoms with E-state index in [1.807, 2.05) is 0 Å². The average Bonchev–Trinajstić information content (AvgIpc) is 2.39. The van der Waals surface area contributed by atoms with E-state index >= 15 is 0 Å². The van der Waals surface area contributed by atoms with Crippen molar-refractivity contribution in [2.75, 3.05) is 43.5 Å². The van der Waals surface area contributed by atoms with Gasteiger partial charge >= 0.3 is 0 Å². The van der Waals surface area contributed by atoms with Gasteiger partial charge in [0.1, 0.15) is 5.75 Å². The molecule has 1 aliphatic heterocycles. The molecular weight excluding hydrogens is 226 g/mol. The summed E-state index contributed by atoms with van der Waals surface area (Å²) in [6, 6.07) is 6.80. The fourth-order valence-electron chi connectivity index (χ4n) is 2.23. The van der Waals surface area contributed by atoms with Crippen molar-refractivity contribution in [3.05, 3.63) is 18.2 Å². The standard InChI is InChI=1S/C14H23N3O/c1-11(2)16-13-5-4-12(10-14(13)18-3)17-8-6-15-7-9-17/h4-5,10-11,15-16H,6-9H2,1-3H3. The van der Waals surface area contributed by atoms with Crippen LogP contribution in [0.4, 0.5) is 11.4 Å². The summed E-state index contributed by atoms with van der Waals surface area (Å²) < 4.78 is 5.47. The first kappa shape index (κ1) is 13.0. The van der Waals surface area contributed by atoms with Gasteiger partial charge in [-0.2, -0.15) is 0 Å². The SMILES string of the molecule is COc1cc(N2CCNCC2)ccc1NC(C)C. The van der Waals surface area contributed by atoms with Gasteiger partial charge in [0.05, 0.1) is 12.8 Å². The average molecular weight is 249 g/mol. The fourth-order valence-corrected chi connectivity index (χ4v) is 2.23. The lowest BCUT2D eigenvalue weighted by Gasteiger charge is -2.30. The molecular formula is C14H23N3O. The van der Waals surface area contributed by atoms with Gasteiger partial charge in [0.15, 0.2) is 0 Å². The van der Waals surface area contributed by atoms with Gasteiger partial charge in [-0.15, -0.1) is 0 Å². The Morgan fingerprint density at radius 3 is 2.61 bits per heavy atom. The number of anilines is 2. The molecule has 0 unspecified atom stereocenters. The topological polar surface area (TPSA) is 36.5 Å². The van der Waals surface area contributed by atoms with E-state index < -0.39 is 0 Å². The summed E-state index contributed by atoms with van der Waals surface area (Å²) in [4.78, 5) is 2.39. The molecule has 1 aromatic carbocycles. The van der Waals surface area contributed by atoms with Crippen molar-refractivity contribution in [3.63, 3.8) is 0 Å². The molecule has 2 rings (SSSR count). The molecule has 1 fully saturated rings. The van der Waals surface area contributed by atoms with Gasteiger partial charge in [0.25, 0.3) is 0 Å². The zero-order valence-corrected chi connectivity index (χ0v) is 11.5. The Balaban J connectivity index is 2.17. The molecule has 0 radical (unpaired) electrons. The number of piperazine rings is 1. The predicted octanol–water partition coefficient (Wildman–Crippen LogP) is 1.93. The van der Waals surface area contributed by atoms with Gasteiger partial charge in [-0.3, -0.25) is 0 Å². The van der Waals surface area contributed by atoms with E-state index in [0.717, 1.165) is 37.6 Å². The van der Waals surface area contributed by atoms with E-state index in [1.165, 1.54) is 5.69 Å². The van der Waals surface area contributed by atoms with Crippen molar-refractivity contribution in [2.45, 2.75) is 19.9 Å². The largest absolute Gasteiger partial charge is 0.495 e. The number of hydrogen-bond acceptors (Lipinski definition) is 4. The van der Waals surface area contributed by atoms with Crippen molar-refractivity contribution >= 4 is 11.4 Å². The van der Waals surface area contributed by atoms with Crippen LogP contribution in [0.1, 0.15) is 13.8 Å². The molecule has 0 aromatic heterocycles. The lowest BCUT2D eigenvalue weighted by Crippen LogP contribution is -2.43. The van der Waals surface area contributed by atoms with E-state index in [2.05, 4.69) is 47.6 Å². The van der Waals surface area contributed by atoms with Crippen molar-refractivity contribution in [1.29, 1.82) is 0 Å². The Morgan fingerprint density at radius 2 is 2.00 bits per heavy atom. The first-order valence-electron chi connectivity index (χ1n) is 6.61. The molecule has 1 aromatic rings. The van der Waals surface area contributed by atoms with E-state index in [-0.39, 0.29) is 0 Å². The van der Waals surface area contributed by atoms with Crippen LogP contribution >= 0.6 is 0 Å². The molecule has 0 bridgehead atoms. The van der Waals surface area contributed by atoms with Crippen molar-refractivity contribution in [3.8, 4) is 5.75 Å². The second-order valence-corrected chi connectivity index (χ2v) is 4.92. The highest BCUT2D eigenvalue weighted by atomic mass is 16.5. The van der Waals surface area contributed by atoms with Gasteiger partial charge in [-0.25, -0.2) is 0 Å². The first-order valence-corrected chi connectivity index (χ1v) is 6.61.